The molecule has 0 amide bonds. The second-order valence-electron chi connectivity index (χ2n) is 12.9. The van der Waals surface area contributed by atoms with Gasteiger partial charge >= 0.3 is 0 Å². The van der Waals surface area contributed by atoms with Crippen LogP contribution in [0.3, 0.4) is 0 Å². The number of hydrogen-bond acceptors (Lipinski definition) is 5. The van der Waals surface area contributed by atoms with E-state index in [9.17, 15) is 0 Å². The maximum Gasteiger partial charge on any atom is 0.167 e. The van der Waals surface area contributed by atoms with E-state index >= 15 is 0 Å². The van der Waals surface area contributed by atoms with Gasteiger partial charge in [0.05, 0.1) is 5.56 Å². The molecular formula is C39H28B5N3O2. The summed E-state index contributed by atoms with van der Waals surface area (Å²) >= 11 is 0. The fraction of sp³-hybridized carbons (Fsp3) is 0. The van der Waals surface area contributed by atoms with Gasteiger partial charge < -0.3 is 8.83 Å². The third-order valence-corrected chi connectivity index (χ3v) is 10.3. The molecule has 5 nitrogen and oxygen atoms in total. The second-order valence-corrected chi connectivity index (χ2v) is 12.9. The lowest BCUT2D eigenvalue weighted by molar-refractivity contribution is 0.668. The van der Waals surface area contributed by atoms with Crippen molar-refractivity contribution in [2.45, 2.75) is 0 Å². The predicted molar refractivity (Wildman–Crippen MR) is 217 cm³/mol. The summed E-state index contributed by atoms with van der Waals surface area (Å²) in [5.74, 6) is 1.87. The van der Waals surface area contributed by atoms with Crippen LogP contribution in [-0.4, -0.2) is 54.2 Å². The zero-order valence-electron chi connectivity index (χ0n) is 28.1. The molecule has 0 saturated heterocycles. The van der Waals surface area contributed by atoms with Crippen molar-refractivity contribution in [3.8, 4) is 45.3 Å². The quantitative estimate of drug-likeness (QED) is 0.279. The summed E-state index contributed by atoms with van der Waals surface area (Å²) in [5.41, 5.74) is 14.4. The lowest BCUT2D eigenvalue weighted by Crippen LogP contribution is -2.55. The molecule has 0 saturated carbocycles. The third-order valence-electron chi connectivity index (χ3n) is 10.3. The maximum atomic E-state index is 6.63. The van der Waals surface area contributed by atoms with Crippen LogP contribution in [0.1, 0.15) is 0 Å². The molecule has 49 heavy (non-hydrogen) atoms. The predicted octanol–water partition coefficient (Wildman–Crippen LogP) is 1.63. The van der Waals surface area contributed by atoms with Crippen molar-refractivity contribution in [2.75, 3.05) is 0 Å². The highest BCUT2D eigenvalue weighted by atomic mass is 16.3. The summed E-state index contributed by atoms with van der Waals surface area (Å²) in [6, 6.07) is 37.2. The Bertz CT molecular complexity index is 2760. The largest absolute Gasteiger partial charge is 0.455 e. The molecule has 3 aromatic heterocycles. The van der Waals surface area contributed by atoms with E-state index in [4.69, 9.17) is 23.8 Å². The van der Waals surface area contributed by atoms with Crippen molar-refractivity contribution in [1.29, 1.82) is 0 Å². The minimum absolute atomic E-state index is 0.579. The minimum Gasteiger partial charge on any atom is -0.455 e. The molecule has 6 aromatic carbocycles. The van der Waals surface area contributed by atoms with Crippen LogP contribution in [-0.2, 0) is 0 Å². The van der Waals surface area contributed by atoms with Gasteiger partial charge in [-0.05, 0) is 29.8 Å². The lowest BCUT2D eigenvalue weighted by Gasteiger charge is -2.20. The first-order chi connectivity index (χ1) is 23.9. The van der Waals surface area contributed by atoms with E-state index in [1.54, 1.807) is 0 Å². The zero-order valence-corrected chi connectivity index (χ0v) is 28.1. The molecule has 0 aliphatic heterocycles. The molecule has 0 aliphatic carbocycles. The van der Waals surface area contributed by atoms with Gasteiger partial charge in [-0.1, -0.05) is 95.9 Å². The van der Waals surface area contributed by atoms with Crippen LogP contribution in [0.5, 0.6) is 0 Å². The van der Waals surface area contributed by atoms with Crippen molar-refractivity contribution < 1.29 is 8.83 Å². The van der Waals surface area contributed by atoms with E-state index in [0.29, 0.717) is 17.5 Å². The van der Waals surface area contributed by atoms with Crippen LogP contribution >= 0.6 is 0 Å². The van der Waals surface area contributed by atoms with Gasteiger partial charge in [-0.3, -0.25) is 0 Å². The Morgan fingerprint density at radius 1 is 0.388 bits per heavy atom. The minimum atomic E-state index is 0.579. The summed E-state index contributed by atoms with van der Waals surface area (Å²) < 4.78 is 13.0. The van der Waals surface area contributed by atoms with E-state index in [1.807, 2.05) is 48.5 Å². The van der Waals surface area contributed by atoms with Crippen LogP contribution in [0.25, 0.3) is 89.2 Å². The molecule has 0 aliphatic rings. The molecule has 0 N–H and O–H groups in total. The molecule has 0 bridgehead atoms. The highest BCUT2D eigenvalue weighted by molar-refractivity contribution is 6.68. The molecule has 0 fully saturated rings. The first-order valence-corrected chi connectivity index (χ1v) is 16.6. The van der Waals surface area contributed by atoms with Gasteiger partial charge in [0.2, 0.25) is 0 Å². The van der Waals surface area contributed by atoms with E-state index in [2.05, 4.69) is 99.9 Å². The monoisotopic (exact) mass is 625 g/mol. The second kappa shape index (κ2) is 11.2. The van der Waals surface area contributed by atoms with Gasteiger partial charge in [0.25, 0.3) is 0 Å². The lowest BCUT2D eigenvalue weighted by atomic mass is 9.60. The van der Waals surface area contributed by atoms with E-state index in [-0.39, 0.29) is 0 Å². The third kappa shape index (κ3) is 4.58. The number of furan rings is 2. The van der Waals surface area contributed by atoms with E-state index < -0.39 is 0 Å². The summed E-state index contributed by atoms with van der Waals surface area (Å²) in [5, 5.41) is 4.25. The maximum absolute atomic E-state index is 6.63. The van der Waals surface area contributed by atoms with Crippen molar-refractivity contribution in [1.82, 2.24) is 15.0 Å². The van der Waals surface area contributed by atoms with E-state index in [1.165, 1.54) is 27.3 Å². The first-order valence-electron chi connectivity index (χ1n) is 16.6. The Hall–Kier alpha value is -5.75. The molecule has 9 rings (SSSR count). The average Bonchev–Trinajstić information content (AvgIpc) is 3.72. The Kier molecular flexibility index (Phi) is 6.70. The highest BCUT2D eigenvalue weighted by Gasteiger charge is 2.21. The summed E-state index contributed by atoms with van der Waals surface area (Å²) in [4.78, 5) is 15.3. The summed E-state index contributed by atoms with van der Waals surface area (Å²) in [6.07, 6.45) is 0. The number of rotatable bonds is 4. The van der Waals surface area contributed by atoms with Gasteiger partial charge in [-0.2, -0.15) is 0 Å². The molecule has 0 unspecified atom stereocenters. The first kappa shape index (κ1) is 29.4. The van der Waals surface area contributed by atoms with Crippen molar-refractivity contribution in [3.05, 3.63) is 109 Å². The van der Waals surface area contributed by atoms with Crippen molar-refractivity contribution >= 4 is 110 Å². The number of aromatic nitrogens is 3. The normalized spacial score (nSPS) is 11.7. The van der Waals surface area contributed by atoms with Crippen LogP contribution in [0, 0.1) is 0 Å². The molecule has 0 spiro atoms. The zero-order chi connectivity index (χ0) is 33.4. The molecule has 0 atom stereocenters. The number of fused-ring (bicyclic) bond motifs is 6. The smallest absolute Gasteiger partial charge is 0.167 e. The average molecular weight is 625 g/mol. The van der Waals surface area contributed by atoms with Gasteiger partial charge in [0.1, 0.15) is 61.6 Å². The SMILES string of the molecule is Bc1c(B)c(B)c(-c2nc(-c3ccccc3)nc(-c3cccc4c3oc3ccc(-c5cccc6c5oc5ccccc56)cc34)n2)c(B)c1B. The van der Waals surface area contributed by atoms with Gasteiger partial charge in [-0.15, -0.1) is 16.4 Å². The molecule has 10 heteroatoms. The molecular weight excluding hydrogens is 597 g/mol. The molecule has 3 heterocycles. The standard InChI is InChI=1S/C39H28B5N3O2/c40-30-29(31(41)33(43)34(44)32(30)42)39-46-37(19-8-2-1-3-9-19)45-38(47-39)25-14-7-13-24-26-18-20(16-17-28(26)49-36(24)25)21-11-6-12-23-22-10-4-5-15-27(22)48-35(21)23/h1-18H,40-44H2. The van der Waals surface area contributed by atoms with Crippen LogP contribution in [0.15, 0.2) is 118 Å². The Morgan fingerprint density at radius 2 is 0.939 bits per heavy atom. The summed E-state index contributed by atoms with van der Waals surface area (Å²) in [6.45, 7) is 0. The Balaban J connectivity index is 1.25. The summed E-state index contributed by atoms with van der Waals surface area (Å²) in [7, 11) is 10.9. The highest BCUT2D eigenvalue weighted by Crippen LogP contribution is 2.40. The topological polar surface area (TPSA) is 65.0 Å². The van der Waals surface area contributed by atoms with Crippen molar-refractivity contribution in [3.63, 3.8) is 0 Å². The number of hydrogen-bond donors (Lipinski definition) is 0. The van der Waals surface area contributed by atoms with Crippen LogP contribution in [0.4, 0.5) is 0 Å². The fourth-order valence-corrected chi connectivity index (χ4v) is 7.28. The van der Waals surface area contributed by atoms with Gasteiger partial charge in [-0.25, -0.2) is 15.0 Å². The van der Waals surface area contributed by atoms with Gasteiger partial charge in [0, 0.05) is 38.2 Å². The molecule has 226 valence electrons. The molecule has 0 radical (unpaired) electrons. The van der Waals surface area contributed by atoms with Gasteiger partial charge in [0.15, 0.2) is 17.5 Å². The fourth-order valence-electron chi connectivity index (χ4n) is 7.28. The van der Waals surface area contributed by atoms with Crippen molar-refractivity contribution in [2.24, 2.45) is 0 Å². The Labute approximate surface area is 287 Å². The number of nitrogens with zero attached hydrogens (tertiary/aromatic N) is 3. The van der Waals surface area contributed by atoms with E-state index in [0.717, 1.165) is 71.7 Å². The number of para-hydroxylation sites is 3. The number of benzene rings is 6. The van der Waals surface area contributed by atoms with Crippen LogP contribution < -0.4 is 27.3 Å². The van der Waals surface area contributed by atoms with Crippen LogP contribution in [0.2, 0.25) is 0 Å². The molecule has 9 aromatic rings. The Morgan fingerprint density at radius 3 is 1.69 bits per heavy atom.